The van der Waals surface area contributed by atoms with Gasteiger partial charge in [0.05, 0.1) is 46.1 Å². The van der Waals surface area contributed by atoms with E-state index in [1.165, 1.54) is 29.8 Å². The van der Waals surface area contributed by atoms with E-state index in [2.05, 4.69) is 38.1 Å². The first kappa shape index (κ1) is 23.4. The lowest BCUT2D eigenvalue weighted by atomic mass is 10.2. The van der Waals surface area contributed by atoms with Crippen LogP contribution < -0.4 is 10.1 Å². The quantitative estimate of drug-likeness (QED) is 0.461. The van der Waals surface area contributed by atoms with E-state index in [1.54, 1.807) is 18.2 Å². The van der Waals surface area contributed by atoms with Gasteiger partial charge in [0.1, 0.15) is 11.4 Å². The molecule has 1 aliphatic carbocycles. The second kappa shape index (κ2) is 8.91. The van der Waals surface area contributed by atoms with Gasteiger partial charge in [-0.15, -0.1) is 0 Å². The SMILES string of the molecule is COc1cc(S(=O)(=O)C2CC2)ccc1NCC#Cc1nc2c(Br)cccn2c1CC(F)(F)F. The average Bonchev–Trinajstić information content (AvgIpc) is 3.56. The maximum atomic E-state index is 13.1. The highest BCUT2D eigenvalue weighted by molar-refractivity contribution is 9.10. The van der Waals surface area contributed by atoms with Gasteiger partial charge < -0.3 is 14.5 Å². The number of hydrogen-bond donors (Lipinski definition) is 1. The van der Waals surface area contributed by atoms with E-state index in [0.29, 0.717) is 34.4 Å². The van der Waals surface area contributed by atoms with Crippen LogP contribution in [-0.2, 0) is 16.3 Å². The Morgan fingerprint density at radius 2 is 2.06 bits per heavy atom. The van der Waals surface area contributed by atoms with Gasteiger partial charge in [-0.25, -0.2) is 13.4 Å². The number of nitrogens with one attached hydrogen (secondary N) is 1. The number of ether oxygens (including phenoxy) is 1. The summed E-state index contributed by atoms with van der Waals surface area (Å²) in [6.45, 7) is 0.0889. The first-order valence-corrected chi connectivity index (χ1v) is 12.3. The van der Waals surface area contributed by atoms with Gasteiger partial charge in [-0.2, -0.15) is 13.2 Å². The van der Waals surface area contributed by atoms with Gasteiger partial charge in [-0.05, 0) is 59.0 Å². The Hall–Kier alpha value is -2.71. The number of halogens is 4. The van der Waals surface area contributed by atoms with Crippen LogP contribution in [0.1, 0.15) is 24.2 Å². The number of alkyl halides is 3. The molecule has 0 radical (unpaired) electrons. The molecule has 0 saturated heterocycles. The van der Waals surface area contributed by atoms with Crippen molar-refractivity contribution in [3.8, 4) is 17.6 Å². The molecule has 0 unspecified atom stereocenters. The topological polar surface area (TPSA) is 72.7 Å². The maximum Gasteiger partial charge on any atom is 0.394 e. The van der Waals surface area contributed by atoms with E-state index in [9.17, 15) is 21.6 Å². The van der Waals surface area contributed by atoms with Crippen LogP contribution in [0.5, 0.6) is 5.75 Å². The van der Waals surface area contributed by atoms with Gasteiger partial charge in [0.15, 0.2) is 15.5 Å². The van der Waals surface area contributed by atoms with Crippen LogP contribution in [0.3, 0.4) is 0 Å². The predicted molar refractivity (Wildman–Crippen MR) is 121 cm³/mol. The van der Waals surface area contributed by atoms with Crippen LogP contribution in [-0.4, -0.2) is 42.9 Å². The van der Waals surface area contributed by atoms with Crippen molar-refractivity contribution in [2.45, 2.75) is 35.6 Å². The number of imidazole rings is 1. The molecule has 2 heterocycles. The largest absolute Gasteiger partial charge is 0.495 e. The number of pyridine rings is 1. The van der Waals surface area contributed by atoms with E-state index < -0.39 is 22.4 Å². The molecule has 0 spiro atoms. The Labute approximate surface area is 197 Å². The number of anilines is 1. The molecule has 6 nitrogen and oxygen atoms in total. The molecule has 4 rings (SSSR count). The summed E-state index contributed by atoms with van der Waals surface area (Å²) in [7, 11) is -1.93. The first-order chi connectivity index (χ1) is 15.6. The molecule has 1 N–H and O–H groups in total. The molecule has 2 aromatic heterocycles. The van der Waals surface area contributed by atoms with Gasteiger partial charge in [0.25, 0.3) is 0 Å². The standard InChI is InChI=1S/C22H19BrF3N3O3S/c1-32-20-12-15(33(30,31)14-6-7-14)8-9-18(20)27-10-2-5-17-19(13-22(24,25)26)29-11-3-4-16(23)21(29)28-17/h3-4,8-9,11-12,14,27H,6-7,10,13H2,1H3. The first-order valence-electron chi connectivity index (χ1n) is 9.97. The third-order valence-electron chi connectivity index (χ3n) is 5.11. The van der Waals surface area contributed by atoms with E-state index in [4.69, 9.17) is 4.74 Å². The molecule has 3 aromatic rings. The van der Waals surface area contributed by atoms with Gasteiger partial charge in [0, 0.05) is 12.3 Å². The second-order valence-corrected chi connectivity index (χ2v) is 10.6. The summed E-state index contributed by atoms with van der Waals surface area (Å²) < 4.78 is 71.5. The minimum atomic E-state index is -4.41. The smallest absolute Gasteiger partial charge is 0.394 e. The van der Waals surface area contributed by atoms with Gasteiger partial charge >= 0.3 is 6.18 Å². The molecule has 0 amide bonds. The van der Waals surface area contributed by atoms with E-state index in [-0.39, 0.29) is 28.1 Å². The molecule has 0 atom stereocenters. The van der Waals surface area contributed by atoms with Crippen LogP contribution in [0.25, 0.3) is 5.65 Å². The summed E-state index contributed by atoms with van der Waals surface area (Å²) in [4.78, 5) is 4.46. The number of nitrogens with zero attached hydrogens (tertiary/aromatic N) is 2. The van der Waals surface area contributed by atoms with Crippen molar-refractivity contribution < 1.29 is 26.3 Å². The summed E-state index contributed by atoms with van der Waals surface area (Å²) in [5.74, 6) is 5.85. The number of rotatable bonds is 6. The van der Waals surface area contributed by atoms with Crippen LogP contribution in [0.4, 0.5) is 18.9 Å². The van der Waals surface area contributed by atoms with Crippen LogP contribution in [0, 0.1) is 11.8 Å². The second-order valence-electron chi connectivity index (χ2n) is 7.51. The fraction of sp³-hybridized carbons (Fsp3) is 0.318. The highest BCUT2D eigenvalue weighted by Crippen LogP contribution is 2.36. The van der Waals surface area contributed by atoms with Crippen molar-refractivity contribution in [1.29, 1.82) is 0 Å². The fourth-order valence-electron chi connectivity index (χ4n) is 3.37. The lowest BCUT2D eigenvalue weighted by Crippen LogP contribution is -2.14. The average molecular weight is 542 g/mol. The lowest BCUT2D eigenvalue weighted by molar-refractivity contribution is -0.128. The number of methoxy groups -OCH3 is 1. The highest BCUT2D eigenvalue weighted by atomic mass is 79.9. The third kappa shape index (κ3) is 5.12. The number of aromatic nitrogens is 2. The summed E-state index contributed by atoms with van der Waals surface area (Å²) >= 11 is 3.30. The molecule has 0 aliphatic heterocycles. The molecule has 174 valence electrons. The zero-order valence-corrected chi connectivity index (χ0v) is 19.8. The summed E-state index contributed by atoms with van der Waals surface area (Å²) in [6.07, 6.45) is -2.73. The van der Waals surface area contributed by atoms with Crippen molar-refractivity contribution in [3.63, 3.8) is 0 Å². The van der Waals surface area contributed by atoms with Crippen molar-refractivity contribution in [2.75, 3.05) is 19.0 Å². The van der Waals surface area contributed by atoms with Gasteiger partial charge in [0.2, 0.25) is 0 Å². The van der Waals surface area contributed by atoms with Crippen molar-refractivity contribution >= 4 is 37.1 Å². The Kier molecular flexibility index (Phi) is 6.33. The van der Waals surface area contributed by atoms with Crippen molar-refractivity contribution in [2.24, 2.45) is 0 Å². The summed E-state index contributed by atoms with van der Waals surface area (Å²) in [5, 5.41) is 2.68. The molecule has 11 heteroatoms. The van der Waals surface area contributed by atoms with E-state index in [0.717, 1.165) is 0 Å². The molecule has 1 saturated carbocycles. The molecule has 1 fully saturated rings. The zero-order valence-electron chi connectivity index (χ0n) is 17.4. The Morgan fingerprint density at radius 1 is 1.30 bits per heavy atom. The number of benzene rings is 1. The van der Waals surface area contributed by atoms with Crippen LogP contribution in [0.2, 0.25) is 0 Å². The van der Waals surface area contributed by atoms with Crippen LogP contribution >= 0.6 is 15.9 Å². The normalized spacial score (nSPS) is 14.1. The minimum Gasteiger partial charge on any atom is -0.495 e. The van der Waals surface area contributed by atoms with Crippen molar-refractivity contribution in [1.82, 2.24) is 9.38 Å². The fourth-order valence-corrected chi connectivity index (χ4v) is 5.48. The Bertz CT molecular complexity index is 1370. The zero-order chi connectivity index (χ0) is 23.8. The Morgan fingerprint density at radius 3 is 2.73 bits per heavy atom. The number of fused-ring (bicyclic) bond motifs is 1. The van der Waals surface area contributed by atoms with E-state index >= 15 is 0 Å². The summed E-state index contributed by atoms with van der Waals surface area (Å²) in [5.41, 5.74) is 0.871. The predicted octanol–water partition coefficient (Wildman–Crippen LogP) is 4.61. The maximum absolute atomic E-state index is 13.1. The highest BCUT2D eigenvalue weighted by Gasteiger charge is 2.37. The Balaban J connectivity index is 1.56. The minimum absolute atomic E-state index is 0.0406. The van der Waals surface area contributed by atoms with Crippen molar-refractivity contribution in [3.05, 3.63) is 52.4 Å². The molecular formula is C22H19BrF3N3O3S. The molecule has 1 aliphatic rings. The van der Waals surface area contributed by atoms with Gasteiger partial charge in [-0.3, -0.25) is 0 Å². The molecule has 33 heavy (non-hydrogen) atoms. The molecule has 0 bridgehead atoms. The summed E-state index contributed by atoms with van der Waals surface area (Å²) in [6, 6.07) is 7.87. The molecular weight excluding hydrogens is 523 g/mol. The third-order valence-corrected chi connectivity index (χ3v) is 7.99. The monoisotopic (exact) mass is 541 g/mol. The van der Waals surface area contributed by atoms with Crippen LogP contribution in [0.15, 0.2) is 45.9 Å². The number of sulfone groups is 1. The van der Waals surface area contributed by atoms with E-state index in [1.807, 2.05) is 0 Å². The number of hydrogen-bond acceptors (Lipinski definition) is 5. The van der Waals surface area contributed by atoms with Gasteiger partial charge in [-0.1, -0.05) is 5.92 Å². The molecule has 1 aromatic carbocycles. The lowest BCUT2D eigenvalue weighted by Gasteiger charge is -2.11.